The molecule has 3 rings (SSSR count). The lowest BCUT2D eigenvalue weighted by Gasteiger charge is -2.21. The van der Waals surface area contributed by atoms with Crippen LogP contribution in [0, 0.1) is 20.8 Å². The highest BCUT2D eigenvalue weighted by atomic mass is 16.5. The molecule has 1 aromatic carbocycles. The third-order valence-corrected chi connectivity index (χ3v) is 4.52. The minimum atomic E-state index is -0.0804. The molecule has 0 bridgehead atoms. The standard InChI is InChI=1S/C21H23N3O2/c1-14-6-10-19(24-15(2)7-8-16(24)3)18(12-14)21(25)23(4)17-9-11-20(26-5)22-13-17/h6-13H,1-5H3. The monoisotopic (exact) mass is 349 g/mol. The Labute approximate surface area is 153 Å². The molecule has 0 spiro atoms. The van der Waals surface area contributed by atoms with Gasteiger partial charge in [-0.1, -0.05) is 11.6 Å². The van der Waals surface area contributed by atoms with Crippen molar-refractivity contribution in [1.82, 2.24) is 9.55 Å². The predicted molar refractivity (Wildman–Crippen MR) is 104 cm³/mol. The maximum Gasteiger partial charge on any atom is 0.260 e. The van der Waals surface area contributed by atoms with E-state index in [4.69, 9.17) is 4.74 Å². The molecule has 0 N–H and O–H groups in total. The summed E-state index contributed by atoms with van der Waals surface area (Å²) in [5, 5.41) is 0. The Bertz CT molecular complexity index is 923. The van der Waals surface area contributed by atoms with Crippen molar-refractivity contribution in [3.63, 3.8) is 0 Å². The van der Waals surface area contributed by atoms with Crippen LogP contribution in [0.25, 0.3) is 5.69 Å². The van der Waals surface area contributed by atoms with E-state index >= 15 is 0 Å². The number of aryl methyl sites for hydroxylation is 3. The number of hydrogen-bond donors (Lipinski definition) is 0. The fraction of sp³-hybridized carbons (Fsp3) is 0.238. The zero-order valence-electron chi connectivity index (χ0n) is 15.8. The summed E-state index contributed by atoms with van der Waals surface area (Å²) in [7, 11) is 3.32. The maximum atomic E-state index is 13.2. The molecule has 5 nitrogen and oxygen atoms in total. The quantitative estimate of drug-likeness (QED) is 0.713. The Balaban J connectivity index is 2.05. The first-order valence-corrected chi connectivity index (χ1v) is 8.46. The van der Waals surface area contributed by atoms with Crippen LogP contribution < -0.4 is 9.64 Å². The van der Waals surface area contributed by atoms with Crippen LogP contribution in [-0.4, -0.2) is 29.6 Å². The lowest BCUT2D eigenvalue weighted by Crippen LogP contribution is -2.27. The van der Waals surface area contributed by atoms with E-state index in [1.165, 1.54) is 0 Å². The fourth-order valence-electron chi connectivity index (χ4n) is 3.05. The first-order chi connectivity index (χ1) is 12.4. The topological polar surface area (TPSA) is 47.4 Å². The van der Waals surface area contributed by atoms with Crippen molar-refractivity contribution >= 4 is 11.6 Å². The molecule has 0 saturated carbocycles. The molecule has 0 aliphatic carbocycles. The van der Waals surface area contributed by atoms with E-state index in [0.29, 0.717) is 17.1 Å². The average Bonchev–Trinajstić information content (AvgIpc) is 2.99. The molecule has 2 heterocycles. The smallest absolute Gasteiger partial charge is 0.260 e. The molecular formula is C21H23N3O2. The Morgan fingerprint density at radius 2 is 1.73 bits per heavy atom. The molecule has 0 saturated heterocycles. The minimum Gasteiger partial charge on any atom is -0.481 e. The zero-order chi connectivity index (χ0) is 18.8. The summed E-state index contributed by atoms with van der Waals surface area (Å²) in [6, 6.07) is 13.6. The number of anilines is 1. The van der Waals surface area contributed by atoms with Gasteiger partial charge in [-0.2, -0.15) is 0 Å². The number of aromatic nitrogens is 2. The highest BCUT2D eigenvalue weighted by Crippen LogP contribution is 2.25. The molecular weight excluding hydrogens is 326 g/mol. The van der Waals surface area contributed by atoms with Crippen molar-refractivity contribution in [3.8, 4) is 11.6 Å². The van der Waals surface area contributed by atoms with E-state index in [2.05, 4.69) is 21.7 Å². The van der Waals surface area contributed by atoms with Gasteiger partial charge in [0.15, 0.2) is 0 Å². The van der Waals surface area contributed by atoms with Gasteiger partial charge in [-0.05, 0) is 51.1 Å². The van der Waals surface area contributed by atoms with Crippen LogP contribution in [0.1, 0.15) is 27.3 Å². The first-order valence-electron chi connectivity index (χ1n) is 8.46. The van der Waals surface area contributed by atoms with Gasteiger partial charge in [-0.3, -0.25) is 4.79 Å². The van der Waals surface area contributed by atoms with Gasteiger partial charge >= 0.3 is 0 Å². The molecule has 0 aliphatic rings. The third kappa shape index (κ3) is 3.20. The average molecular weight is 349 g/mol. The highest BCUT2D eigenvalue weighted by Gasteiger charge is 2.20. The van der Waals surface area contributed by atoms with Crippen LogP contribution in [0.3, 0.4) is 0 Å². The minimum absolute atomic E-state index is 0.0804. The molecule has 0 radical (unpaired) electrons. The molecule has 0 fully saturated rings. The third-order valence-electron chi connectivity index (χ3n) is 4.52. The highest BCUT2D eigenvalue weighted by molar-refractivity contribution is 6.08. The number of carbonyl (C=O) groups is 1. The number of carbonyl (C=O) groups excluding carboxylic acids is 1. The number of pyridine rings is 1. The van der Waals surface area contributed by atoms with Gasteiger partial charge in [0, 0.05) is 24.5 Å². The van der Waals surface area contributed by atoms with E-state index in [1.54, 1.807) is 31.3 Å². The van der Waals surface area contributed by atoms with Crippen molar-refractivity contribution in [2.75, 3.05) is 19.1 Å². The summed E-state index contributed by atoms with van der Waals surface area (Å²) < 4.78 is 7.19. The number of methoxy groups -OCH3 is 1. The molecule has 0 aliphatic heterocycles. The van der Waals surface area contributed by atoms with Gasteiger partial charge in [0.05, 0.1) is 30.2 Å². The second-order valence-electron chi connectivity index (χ2n) is 6.40. The van der Waals surface area contributed by atoms with Gasteiger partial charge in [-0.15, -0.1) is 0 Å². The van der Waals surface area contributed by atoms with Crippen LogP contribution >= 0.6 is 0 Å². The fourth-order valence-corrected chi connectivity index (χ4v) is 3.05. The van der Waals surface area contributed by atoms with E-state index in [-0.39, 0.29) is 5.91 Å². The Morgan fingerprint density at radius 1 is 1.04 bits per heavy atom. The second-order valence-corrected chi connectivity index (χ2v) is 6.40. The predicted octanol–water partition coefficient (Wildman–Crippen LogP) is 4.08. The molecule has 5 heteroatoms. The molecule has 1 amide bonds. The van der Waals surface area contributed by atoms with Crippen LogP contribution in [0.5, 0.6) is 5.88 Å². The molecule has 3 aromatic rings. The van der Waals surface area contributed by atoms with E-state index in [1.807, 2.05) is 45.0 Å². The SMILES string of the molecule is COc1ccc(N(C)C(=O)c2cc(C)ccc2-n2c(C)ccc2C)cn1. The van der Waals surface area contributed by atoms with Crippen molar-refractivity contribution in [2.24, 2.45) is 0 Å². The number of amides is 1. The molecule has 2 aromatic heterocycles. The number of benzene rings is 1. The zero-order valence-corrected chi connectivity index (χ0v) is 15.8. The number of rotatable bonds is 4. The first kappa shape index (κ1) is 17.7. The number of ether oxygens (including phenoxy) is 1. The van der Waals surface area contributed by atoms with Gasteiger partial charge in [-0.25, -0.2) is 4.98 Å². The van der Waals surface area contributed by atoms with E-state index in [9.17, 15) is 4.79 Å². The Morgan fingerprint density at radius 3 is 2.31 bits per heavy atom. The second kappa shape index (κ2) is 7.04. The summed E-state index contributed by atoms with van der Waals surface area (Å²) in [6.07, 6.45) is 1.64. The van der Waals surface area contributed by atoms with Gasteiger partial charge in [0.25, 0.3) is 5.91 Å². The number of hydrogen-bond acceptors (Lipinski definition) is 3. The van der Waals surface area contributed by atoms with Crippen molar-refractivity contribution in [3.05, 3.63) is 71.2 Å². The Hall–Kier alpha value is -3.08. The maximum absolute atomic E-state index is 13.2. The van der Waals surface area contributed by atoms with Gasteiger partial charge in [0.1, 0.15) is 0 Å². The lowest BCUT2D eigenvalue weighted by molar-refractivity contribution is 0.0993. The van der Waals surface area contributed by atoms with Gasteiger partial charge < -0.3 is 14.2 Å². The van der Waals surface area contributed by atoms with Crippen molar-refractivity contribution in [2.45, 2.75) is 20.8 Å². The summed E-state index contributed by atoms with van der Waals surface area (Å²) in [5.74, 6) is 0.438. The van der Waals surface area contributed by atoms with Crippen molar-refractivity contribution in [1.29, 1.82) is 0 Å². The normalized spacial score (nSPS) is 10.7. The summed E-state index contributed by atoms with van der Waals surface area (Å²) in [4.78, 5) is 19.0. The molecule has 0 unspecified atom stereocenters. The van der Waals surface area contributed by atoms with Crippen molar-refractivity contribution < 1.29 is 9.53 Å². The van der Waals surface area contributed by atoms with Gasteiger partial charge in [0.2, 0.25) is 5.88 Å². The summed E-state index contributed by atoms with van der Waals surface area (Å²) >= 11 is 0. The molecule has 134 valence electrons. The Kier molecular flexibility index (Phi) is 4.80. The molecule has 26 heavy (non-hydrogen) atoms. The van der Waals surface area contributed by atoms with E-state index in [0.717, 1.165) is 22.6 Å². The van der Waals surface area contributed by atoms with Crippen LogP contribution in [0.2, 0.25) is 0 Å². The molecule has 0 atom stereocenters. The van der Waals surface area contributed by atoms with Crippen LogP contribution in [-0.2, 0) is 0 Å². The summed E-state index contributed by atoms with van der Waals surface area (Å²) in [5.41, 5.74) is 5.48. The lowest BCUT2D eigenvalue weighted by atomic mass is 10.1. The van der Waals surface area contributed by atoms with Crippen LogP contribution in [0.4, 0.5) is 5.69 Å². The van der Waals surface area contributed by atoms with Crippen LogP contribution in [0.15, 0.2) is 48.7 Å². The number of nitrogens with zero attached hydrogens (tertiary/aromatic N) is 3. The largest absolute Gasteiger partial charge is 0.481 e. The van der Waals surface area contributed by atoms with E-state index < -0.39 is 0 Å². The summed E-state index contributed by atoms with van der Waals surface area (Å²) in [6.45, 7) is 6.07.